The quantitative estimate of drug-likeness (QED) is 0.636. The third-order valence-corrected chi connectivity index (χ3v) is 1.41. The molecule has 0 amide bonds. The number of hydrogen-bond acceptors (Lipinski definition) is 5. The Bertz CT molecular complexity index is 237. The van der Waals surface area contributed by atoms with Crippen LogP contribution in [0.1, 0.15) is 11.9 Å². The van der Waals surface area contributed by atoms with Crippen LogP contribution in [0, 0.1) is 0 Å². The number of aliphatic hydroxyl groups is 1. The summed E-state index contributed by atoms with van der Waals surface area (Å²) in [6.07, 6.45) is 2.18. The molecule has 3 N–H and O–H groups in total. The molecule has 1 heterocycles. The van der Waals surface area contributed by atoms with Gasteiger partial charge < -0.3 is 15.6 Å². The van der Waals surface area contributed by atoms with Crippen LogP contribution in [-0.2, 0) is 0 Å². The number of rotatable bonds is 3. The fraction of sp³-hybridized carbons (Fsp3) is 0.429. The molecule has 1 aromatic heterocycles. The number of hydrogen-bond donors (Lipinski definition) is 2. The molecule has 5 heteroatoms. The van der Waals surface area contributed by atoms with E-state index in [-0.39, 0.29) is 6.54 Å². The maximum absolute atomic E-state index is 9.20. The van der Waals surface area contributed by atoms with E-state index in [1.54, 1.807) is 0 Å². The zero-order valence-electron chi connectivity index (χ0n) is 6.77. The van der Waals surface area contributed by atoms with Gasteiger partial charge in [-0.25, -0.2) is 9.97 Å². The predicted octanol–water partition coefficient (Wildman–Crippen LogP) is -0.523. The molecule has 0 radical (unpaired) electrons. The zero-order valence-corrected chi connectivity index (χ0v) is 6.77. The van der Waals surface area contributed by atoms with E-state index < -0.39 is 6.10 Å². The number of nitrogens with two attached hydrogens (primary N) is 1. The summed E-state index contributed by atoms with van der Waals surface area (Å²) in [5.74, 6) is 0.876. The molecule has 0 aliphatic heterocycles. The molecule has 1 aromatic rings. The highest BCUT2D eigenvalue weighted by Crippen LogP contribution is 2.09. The number of ether oxygens (including phenoxy) is 1. The highest BCUT2D eigenvalue weighted by Gasteiger charge is 2.07. The Morgan fingerprint density at radius 2 is 2.17 bits per heavy atom. The first-order valence-corrected chi connectivity index (χ1v) is 3.52. The molecule has 0 aliphatic carbocycles. The predicted molar refractivity (Wildman–Crippen MR) is 42.6 cm³/mol. The molecule has 0 aromatic carbocycles. The maximum Gasteiger partial charge on any atom is 0.158 e. The second-order valence-corrected chi connectivity index (χ2v) is 2.23. The lowest BCUT2D eigenvalue weighted by atomic mass is 10.3. The van der Waals surface area contributed by atoms with Crippen molar-refractivity contribution in [1.82, 2.24) is 9.97 Å². The van der Waals surface area contributed by atoms with Crippen molar-refractivity contribution < 1.29 is 9.84 Å². The number of methoxy groups -OCH3 is 1. The molecule has 5 nitrogen and oxygen atoms in total. The van der Waals surface area contributed by atoms with Crippen molar-refractivity contribution in [2.75, 3.05) is 13.7 Å². The van der Waals surface area contributed by atoms with Gasteiger partial charge in [-0.2, -0.15) is 0 Å². The maximum atomic E-state index is 9.20. The van der Waals surface area contributed by atoms with Gasteiger partial charge in [0.1, 0.15) is 6.10 Å². The van der Waals surface area contributed by atoms with Gasteiger partial charge in [0, 0.05) is 6.54 Å². The Morgan fingerprint density at radius 1 is 1.58 bits per heavy atom. The lowest BCUT2D eigenvalue weighted by molar-refractivity contribution is 0.176. The summed E-state index contributed by atoms with van der Waals surface area (Å²) in [5.41, 5.74) is 5.21. The minimum Gasteiger partial charge on any atom is -0.494 e. The normalized spacial score (nSPS) is 12.6. The summed E-state index contributed by atoms with van der Waals surface area (Å²) in [4.78, 5) is 7.71. The second-order valence-electron chi connectivity index (χ2n) is 2.23. The fourth-order valence-electron chi connectivity index (χ4n) is 0.709. The monoisotopic (exact) mass is 169 g/mol. The lowest BCUT2D eigenvalue weighted by Crippen LogP contribution is -2.14. The van der Waals surface area contributed by atoms with Crippen LogP contribution in [0.4, 0.5) is 0 Å². The van der Waals surface area contributed by atoms with Gasteiger partial charge in [0.15, 0.2) is 11.6 Å². The van der Waals surface area contributed by atoms with Crippen LogP contribution in [0.2, 0.25) is 0 Å². The summed E-state index contributed by atoms with van der Waals surface area (Å²) in [6, 6.07) is 0. The lowest BCUT2D eigenvalue weighted by Gasteiger charge is -2.05. The van der Waals surface area contributed by atoms with E-state index in [0.29, 0.717) is 11.6 Å². The summed E-state index contributed by atoms with van der Waals surface area (Å²) in [6.45, 7) is 0.117. The van der Waals surface area contributed by atoms with Crippen molar-refractivity contribution in [2.45, 2.75) is 6.10 Å². The molecule has 66 valence electrons. The van der Waals surface area contributed by atoms with Crippen LogP contribution in [-0.4, -0.2) is 28.7 Å². The Hall–Kier alpha value is -1.20. The van der Waals surface area contributed by atoms with Crippen LogP contribution in [0.3, 0.4) is 0 Å². The largest absolute Gasteiger partial charge is 0.494 e. The summed E-state index contributed by atoms with van der Waals surface area (Å²) in [5, 5.41) is 9.20. The van der Waals surface area contributed by atoms with Crippen molar-refractivity contribution in [1.29, 1.82) is 0 Å². The van der Waals surface area contributed by atoms with Gasteiger partial charge in [0.25, 0.3) is 0 Å². The average molecular weight is 169 g/mol. The zero-order chi connectivity index (χ0) is 8.97. The van der Waals surface area contributed by atoms with E-state index in [1.807, 2.05) is 0 Å². The van der Waals surface area contributed by atoms with Crippen molar-refractivity contribution in [3.8, 4) is 5.75 Å². The van der Waals surface area contributed by atoms with Crippen molar-refractivity contribution in [2.24, 2.45) is 5.73 Å². The number of nitrogens with zero attached hydrogens (tertiary/aromatic N) is 2. The number of aromatic nitrogens is 2. The first-order valence-electron chi connectivity index (χ1n) is 3.52. The van der Waals surface area contributed by atoms with Crippen LogP contribution in [0.25, 0.3) is 0 Å². The van der Waals surface area contributed by atoms with E-state index in [4.69, 9.17) is 10.5 Å². The highest BCUT2D eigenvalue weighted by atomic mass is 16.5. The van der Waals surface area contributed by atoms with Gasteiger partial charge in [-0.3, -0.25) is 0 Å². The molecule has 1 atom stereocenters. The molecule has 0 saturated carbocycles. The van der Waals surface area contributed by atoms with Gasteiger partial charge in [-0.05, 0) is 0 Å². The van der Waals surface area contributed by atoms with Gasteiger partial charge in [-0.1, -0.05) is 0 Å². The van der Waals surface area contributed by atoms with Gasteiger partial charge >= 0.3 is 0 Å². The van der Waals surface area contributed by atoms with E-state index in [0.717, 1.165) is 0 Å². The molecule has 12 heavy (non-hydrogen) atoms. The highest BCUT2D eigenvalue weighted by molar-refractivity contribution is 5.12. The van der Waals surface area contributed by atoms with Crippen molar-refractivity contribution in [3.05, 3.63) is 18.2 Å². The second kappa shape index (κ2) is 3.99. The average Bonchev–Trinajstić information content (AvgIpc) is 2.17. The molecule has 1 unspecified atom stereocenters. The third kappa shape index (κ3) is 1.90. The number of aliphatic hydroxyl groups excluding tert-OH is 1. The molecule has 0 bridgehead atoms. The van der Waals surface area contributed by atoms with Crippen LogP contribution >= 0.6 is 0 Å². The minimum absolute atomic E-state index is 0.117. The summed E-state index contributed by atoms with van der Waals surface area (Å²) in [7, 11) is 1.53. The Balaban J connectivity index is 2.77. The van der Waals surface area contributed by atoms with Crippen molar-refractivity contribution >= 4 is 0 Å². The Labute approximate surface area is 70.2 Å². The fourth-order valence-corrected chi connectivity index (χ4v) is 0.709. The summed E-state index contributed by atoms with van der Waals surface area (Å²) >= 11 is 0. The molecule has 0 spiro atoms. The molecule has 0 fully saturated rings. The third-order valence-electron chi connectivity index (χ3n) is 1.41. The molecular formula is C7H11N3O2. The molecular weight excluding hydrogens is 158 g/mol. The minimum atomic E-state index is -0.795. The van der Waals surface area contributed by atoms with Gasteiger partial charge in [0.05, 0.1) is 19.5 Å². The Morgan fingerprint density at radius 3 is 2.58 bits per heavy atom. The van der Waals surface area contributed by atoms with Gasteiger partial charge in [0.2, 0.25) is 0 Å². The van der Waals surface area contributed by atoms with Gasteiger partial charge in [-0.15, -0.1) is 0 Å². The standard InChI is InChI=1S/C7H11N3O2/c1-12-5-3-9-7(10-4-5)6(11)2-8/h3-4,6,11H,2,8H2,1H3. The van der Waals surface area contributed by atoms with Crippen LogP contribution < -0.4 is 10.5 Å². The summed E-state index contributed by atoms with van der Waals surface area (Å²) < 4.78 is 4.84. The molecule has 0 aliphatic rings. The topological polar surface area (TPSA) is 81.3 Å². The van der Waals surface area contributed by atoms with E-state index in [1.165, 1.54) is 19.5 Å². The first-order chi connectivity index (χ1) is 5.77. The first kappa shape index (κ1) is 8.89. The Kier molecular flexibility index (Phi) is 2.95. The van der Waals surface area contributed by atoms with Crippen molar-refractivity contribution in [3.63, 3.8) is 0 Å². The van der Waals surface area contributed by atoms with E-state index >= 15 is 0 Å². The van der Waals surface area contributed by atoms with E-state index in [9.17, 15) is 5.11 Å². The SMILES string of the molecule is COc1cnc(C(O)CN)nc1. The van der Waals surface area contributed by atoms with E-state index in [2.05, 4.69) is 9.97 Å². The molecule has 1 rings (SSSR count). The molecule has 0 saturated heterocycles. The van der Waals surface area contributed by atoms with Crippen LogP contribution in [0.5, 0.6) is 5.75 Å². The smallest absolute Gasteiger partial charge is 0.158 e. The van der Waals surface area contributed by atoms with Crippen LogP contribution in [0.15, 0.2) is 12.4 Å².